The number of aromatic nitrogens is 4. The van der Waals surface area contributed by atoms with Crippen LogP contribution < -0.4 is 10.9 Å². The van der Waals surface area contributed by atoms with E-state index in [9.17, 15) is 4.79 Å². The summed E-state index contributed by atoms with van der Waals surface area (Å²) in [6, 6.07) is 0. The molecule has 0 spiro atoms. The molecule has 2 heterocycles. The van der Waals surface area contributed by atoms with E-state index in [-0.39, 0.29) is 11.1 Å². The van der Waals surface area contributed by atoms with Crippen LogP contribution in [-0.4, -0.2) is 33.1 Å². The van der Waals surface area contributed by atoms with E-state index in [1.165, 1.54) is 6.33 Å². The first-order valence-electron chi connectivity index (χ1n) is 5.12. The quantitative estimate of drug-likeness (QED) is 0.769. The SMILES string of the molecule is CNCC(C)(C)n1cnc2c(=O)[nH]cnc21. The van der Waals surface area contributed by atoms with Gasteiger partial charge in [0.05, 0.1) is 18.2 Å². The minimum Gasteiger partial charge on any atom is -0.317 e. The lowest BCUT2D eigenvalue weighted by atomic mass is 10.1. The Labute approximate surface area is 92.7 Å². The van der Waals surface area contributed by atoms with Gasteiger partial charge in [-0.3, -0.25) is 4.79 Å². The molecule has 2 aromatic heterocycles. The highest BCUT2D eigenvalue weighted by Crippen LogP contribution is 2.18. The van der Waals surface area contributed by atoms with Crippen molar-refractivity contribution in [2.75, 3.05) is 13.6 Å². The molecule has 0 aromatic carbocycles. The molecule has 0 unspecified atom stereocenters. The highest BCUT2D eigenvalue weighted by atomic mass is 16.1. The lowest BCUT2D eigenvalue weighted by molar-refractivity contribution is 0.350. The van der Waals surface area contributed by atoms with Gasteiger partial charge in [0.1, 0.15) is 0 Å². The predicted octanol–water partition coefficient (Wildman–Crippen LogP) is 0.0741. The van der Waals surface area contributed by atoms with Gasteiger partial charge < -0.3 is 14.9 Å². The number of hydrogen-bond acceptors (Lipinski definition) is 4. The Bertz CT molecular complexity index is 554. The maximum absolute atomic E-state index is 11.5. The molecular weight excluding hydrogens is 206 g/mol. The molecule has 0 aliphatic heterocycles. The van der Waals surface area contributed by atoms with Crippen LogP contribution in [0.1, 0.15) is 13.8 Å². The number of aromatic amines is 1. The molecule has 0 bridgehead atoms. The normalized spacial score (nSPS) is 12.2. The zero-order valence-electron chi connectivity index (χ0n) is 9.61. The summed E-state index contributed by atoms with van der Waals surface area (Å²) < 4.78 is 1.91. The van der Waals surface area contributed by atoms with Crippen molar-refractivity contribution in [1.82, 2.24) is 24.8 Å². The molecule has 6 heteroatoms. The van der Waals surface area contributed by atoms with E-state index in [0.717, 1.165) is 6.54 Å². The van der Waals surface area contributed by atoms with Crippen molar-refractivity contribution in [2.45, 2.75) is 19.4 Å². The van der Waals surface area contributed by atoms with Crippen LogP contribution in [0.3, 0.4) is 0 Å². The predicted molar refractivity (Wildman–Crippen MR) is 61.4 cm³/mol. The van der Waals surface area contributed by atoms with Gasteiger partial charge in [-0.05, 0) is 20.9 Å². The number of rotatable bonds is 3. The molecule has 0 amide bonds. The van der Waals surface area contributed by atoms with E-state index < -0.39 is 0 Å². The Morgan fingerprint density at radius 2 is 2.25 bits per heavy atom. The first kappa shape index (κ1) is 10.8. The fourth-order valence-corrected chi connectivity index (χ4v) is 1.81. The lowest BCUT2D eigenvalue weighted by Gasteiger charge is -2.26. The first-order chi connectivity index (χ1) is 7.56. The van der Waals surface area contributed by atoms with Crippen LogP contribution in [0, 0.1) is 0 Å². The van der Waals surface area contributed by atoms with E-state index in [1.54, 1.807) is 6.33 Å². The van der Waals surface area contributed by atoms with Crippen LogP contribution in [0.15, 0.2) is 17.4 Å². The van der Waals surface area contributed by atoms with E-state index in [0.29, 0.717) is 11.2 Å². The zero-order chi connectivity index (χ0) is 11.8. The Morgan fingerprint density at radius 1 is 1.50 bits per heavy atom. The Hall–Kier alpha value is -1.69. The summed E-state index contributed by atoms with van der Waals surface area (Å²) in [5.41, 5.74) is 0.615. The third-order valence-corrected chi connectivity index (χ3v) is 2.60. The Morgan fingerprint density at radius 3 is 2.94 bits per heavy atom. The summed E-state index contributed by atoms with van der Waals surface area (Å²) in [6.45, 7) is 4.90. The summed E-state index contributed by atoms with van der Waals surface area (Å²) in [5, 5.41) is 3.11. The minimum absolute atomic E-state index is 0.176. The lowest BCUT2D eigenvalue weighted by Crippen LogP contribution is -2.36. The van der Waals surface area contributed by atoms with Gasteiger partial charge in [-0.1, -0.05) is 0 Å². The monoisotopic (exact) mass is 221 g/mol. The molecule has 2 aromatic rings. The molecule has 2 N–H and O–H groups in total. The van der Waals surface area contributed by atoms with Crippen molar-refractivity contribution in [3.63, 3.8) is 0 Å². The maximum Gasteiger partial charge on any atom is 0.278 e. The van der Waals surface area contributed by atoms with Crippen molar-refractivity contribution in [2.24, 2.45) is 0 Å². The average molecular weight is 221 g/mol. The number of likely N-dealkylation sites (N-methyl/N-ethyl adjacent to an activating group) is 1. The molecule has 6 nitrogen and oxygen atoms in total. The van der Waals surface area contributed by atoms with Crippen molar-refractivity contribution in [3.8, 4) is 0 Å². The molecule has 86 valence electrons. The molecule has 0 fully saturated rings. The molecule has 0 saturated carbocycles. The zero-order valence-corrected chi connectivity index (χ0v) is 9.61. The van der Waals surface area contributed by atoms with Crippen LogP contribution in [0.25, 0.3) is 11.2 Å². The summed E-state index contributed by atoms with van der Waals surface area (Å²) in [7, 11) is 1.89. The first-order valence-corrected chi connectivity index (χ1v) is 5.12. The second-order valence-corrected chi connectivity index (χ2v) is 4.36. The van der Waals surface area contributed by atoms with E-state index in [1.807, 2.05) is 11.6 Å². The number of nitrogens with zero attached hydrogens (tertiary/aromatic N) is 3. The minimum atomic E-state index is -0.205. The number of imidazole rings is 1. The molecule has 0 saturated heterocycles. The van der Waals surface area contributed by atoms with Crippen molar-refractivity contribution in [3.05, 3.63) is 23.0 Å². The van der Waals surface area contributed by atoms with Crippen LogP contribution in [0.4, 0.5) is 0 Å². The molecule has 0 atom stereocenters. The summed E-state index contributed by atoms with van der Waals surface area (Å²) in [4.78, 5) is 22.3. The standard InChI is InChI=1S/C10H15N5O/c1-10(2,4-11-3)15-6-14-7-8(15)12-5-13-9(7)16/h5-6,11H,4H2,1-3H3,(H,12,13,16). The molecule has 0 aliphatic carbocycles. The number of nitrogens with one attached hydrogen (secondary N) is 2. The highest BCUT2D eigenvalue weighted by molar-refractivity contribution is 5.69. The van der Waals surface area contributed by atoms with Crippen molar-refractivity contribution in [1.29, 1.82) is 0 Å². The third-order valence-electron chi connectivity index (χ3n) is 2.60. The number of H-pyrrole nitrogens is 1. The van der Waals surface area contributed by atoms with Gasteiger partial charge in [-0.2, -0.15) is 0 Å². The number of hydrogen-bond donors (Lipinski definition) is 2. The fraction of sp³-hybridized carbons (Fsp3) is 0.500. The van der Waals surface area contributed by atoms with Crippen molar-refractivity contribution < 1.29 is 0 Å². The van der Waals surface area contributed by atoms with Crippen LogP contribution in [0.5, 0.6) is 0 Å². The molecule has 0 radical (unpaired) electrons. The summed E-state index contributed by atoms with van der Waals surface area (Å²) in [6.07, 6.45) is 3.06. The topological polar surface area (TPSA) is 75.6 Å². The van der Waals surface area contributed by atoms with Gasteiger partial charge in [0.15, 0.2) is 11.2 Å². The molecule has 16 heavy (non-hydrogen) atoms. The van der Waals surface area contributed by atoms with Gasteiger partial charge >= 0.3 is 0 Å². The molecule has 2 rings (SSSR count). The summed E-state index contributed by atoms with van der Waals surface area (Å²) >= 11 is 0. The average Bonchev–Trinajstić information content (AvgIpc) is 2.63. The van der Waals surface area contributed by atoms with E-state index in [4.69, 9.17) is 0 Å². The van der Waals surface area contributed by atoms with Gasteiger partial charge in [-0.25, -0.2) is 9.97 Å². The smallest absolute Gasteiger partial charge is 0.278 e. The number of fused-ring (bicyclic) bond motifs is 1. The summed E-state index contributed by atoms with van der Waals surface area (Å²) in [5.74, 6) is 0. The van der Waals surface area contributed by atoms with Crippen molar-refractivity contribution >= 4 is 11.2 Å². The second-order valence-electron chi connectivity index (χ2n) is 4.36. The van der Waals surface area contributed by atoms with Gasteiger partial charge in [-0.15, -0.1) is 0 Å². The van der Waals surface area contributed by atoms with Gasteiger partial charge in [0.2, 0.25) is 0 Å². The third kappa shape index (κ3) is 1.61. The highest BCUT2D eigenvalue weighted by Gasteiger charge is 2.22. The fourth-order valence-electron chi connectivity index (χ4n) is 1.81. The van der Waals surface area contributed by atoms with Crippen LogP contribution in [-0.2, 0) is 5.54 Å². The Kier molecular flexibility index (Phi) is 2.51. The second kappa shape index (κ2) is 3.71. The van der Waals surface area contributed by atoms with E-state index >= 15 is 0 Å². The van der Waals surface area contributed by atoms with Gasteiger partial charge in [0, 0.05) is 6.54 Å². The van der Waals surface area contributed by atoms with Crippen LogP contribution >= 0.6 is 0 Å². The Balaban J connectivity index is 2.63. The molecule has 0 aliphatic rings. The van der Waals surface area contributed by atoms with E-state index in [2.05, 4.69) is 34.1 Å². The maximum atomic E-state index is 11.5. The van der Waals surface area contributed by atoms with Crippen LogP contribution in [0.2, 0.25) is 0 Å². The largest absolute Gasteiger partial charge is 0.317 e. The molecular formula is C10H15N5O. The van der Waals surface area contributed by atoms with Gasteiger partial charge in [0.25, 0.3) is 5.56 Å².